The molecule has 0 aliphatic carbocycles. The molecule has 0 spiro atoms. The van der Waals surface area contributed by atoms with Crippen LogP contribution >= 0.6 is 0 Å². The zero-order chi connectivity index (χ0) is 22.6. The molecular weight excluding hydrogens is 402 g/mol. The molecule has 1 heterocycles. The maximum Gasteiger partial charge on any atom is 0.410 e. The van der Waals surface area contributed by atoms with Crippen LogP contribution in [0.25, 0.3) is 0 Å². The van der Waals surface area contributed by atoms with Crippen LogP contribution in [0.2, 0.25) is 0 Å². The average Bonchev–Trinajstić information content (AvgIpc) is 2.78. The van der Waals surface area contributed by atoms with Gasteiger partial charge in [-0.15, -0.1) is 0 Å². The van der Waals surface area contributed by atoms with E-state index in [1.54, 1.807) is 36.0 Å². The van der Waals surface area contributed by atoms with Gasteiger partial charge in [-0.05, 0) is 24.8 Å². The Bertz CT molecular complexity index is 708. The molecule has 1 aliphatic rings. The molecule has 31 heavy (non-hydrogen) atoms. The van der Waals surface area contributed by atoms with Crippen LogP contribution in [0.1, 0.15) is 24.8 Å². The Hall–Kier alpha value is -2.81. The number of rotatable bonds is 10. The van der Waals surface area contributed by atoms with E-state index in [4.69, 9.17) is 9.47 Å². The van der Waals surface area contributed by atoms with Gasteiger partial charge < -0.3 is 29.3 Å². The van der Waals surface area contributed by atoms with E-state index in [1.165, 1.54) is 4.90 Å². The molecule has 9 heteroatoms. The number of hydrogen-bond acceptors (Lipinski definition) is 5. The topological polar surface area (TPSA) is 99.6 Å². The van der Waals surface area contributed by atoms with Gasteiger partial charge in [0.1, 0.15) is 0 Å². The Balaban J connectivity index is 1.65. The summed E-state index contributed by atoms with van der Waals surface area (Å²) in [5, 5.41) is 9.36. The van der Waals surface area contributed by atoms with Crippen molar-refractivity contribution in [2.24, 2.45) is 0 Å². The molecule has 1 aromatic rings. The minimum atomic E-state index is -1.22. The predicted molar refractivity (Wildman–Crippen MR) is 115 cm³/mol. The average molecular weight is 436 g/mol. The van der Waals surface area contributed by atoms with Crippen LogP contribution in [-0.4, -0.2) is 97.5 Å². The zero-order valence-electron chi connectivity index (χ0n) is 18.4. The van der Waals surface area contributed by atoms with Crippen molar-refractivity contribution in [1.29, 1.82) is 0 Å². The first-order chi connectivity index (χ1) is 14.9. The number of hydrogen-bond donors (Lipinski definition) is 1. The fourth-order valence-corrected chi connectivity index (χ4v) is 3.28. The van der Waals surface area contributed by atoms with Gasteiger partial charge in [-0.25, -0.2) is 14.4 Å². The number of carbonyl (C=O) groups is 3. The number of benzene rings is 1. The van der Waals surface area contributed by atoms with Crippen molar-refractivity contribution < 1.29 is 29.0 Å². The van der Waals surface area contributed by atoms with Gasteiger partial charge in [0.15, 0.2) is 0 Å². The lowest BCUT2D eigenvalue weighted by molar-refractivity contribution is -0.147. The van der Waals surface area contributed by atoms with Crippen LogP contribution in [0.3, 0.4) is 0 Å². The van der Waals surface area contributed by atoms with E-state index in [-0.39, 0.29) is 12.5 Å². The van der Waals surface area contributed by atoms with Crippen LogP contribution in [-0.2, 0) is 20.7 Å². The summed E-state index contributed by atoms with van der Waals surface area (Å²) in [5.41, 5.74) is 0.793. The van der Waals surface area contributed by atoms with Crippen molar-refractivity contribution in [3.8, 4) is 0 Å². The highest BCUT2D eigenvalue weighted by atomic mass is 16.6. The summed E-state index contributed by atoms with van der Waals surface area (Å²) in [6.07, 6.45) is 0.646. The number of aliphatic carboxylic acids is 1. The van der Waals surface area contributed by atoms with Crippen LogP contribution in [0.5, 0.6) is 0 Å². The van der Waals surface area contributed by atoms with Gasteiger partial charge in [0.2, 0.25) is 6.10 Å². The normalized spacial score (nSPS) is 14.6. The highest BCUT2D eigenvalue weighted by molar-refractivity contribution is 5.77. The number of carboxylic acids is 1. The van der Waals surface area contributed by atoms with Crippen molar-refractivity contribution >= 4 is 18.1 Å². The first-order valence-electron chi connectivity index (χ1n) is 10.6. The second kappa shape index (κ2) is 12.8. The van der Waals surface area contributed by atoms with Gasteiger partial charge in [0.05, 0.1) is 13.2 Å². The van der Waals surface area contributed by atoms with Crippen molar-refractivity contribution in [3.63, 3.8) is 0 Å². The minimum Gasteiger partial charge on any atom is -0.478 e. The molecule has 1 atom stereocenters. The van der Waals surface area contributed by atoms with Gasteiger partial charge >= 0.3 is 18.1 Å². The zero-order valence-corrected chi connectivity index (χ0v) is 18.4. The lowest BCUT2D eigenvalue weighted by Crippen LogP contribution is -2.47. The van der Waals surface area contributed by atoms with E-state index in [1.807, 2.05) is 18.2 Å². The summed E-state index contributed by atoms with van der Waals surface area (Å²) >= 11 is 0. The summed E-state index contributed by atoms with van der Waals surface area (Å²) in [5.74, 6) is -1.17. The number of ether oxygens (including phenoxy) is 2. The number of nitrogens with zero attached hydrogens (tertiary/aromatic N) is 3. The minimum absolute atomic E-state index is 0.0159. The highest BCUT2D eigenvalue weighted by Gasteiger charge is 2.24. The summed E-state index contributed by atoms with van der Waals surface area (Å²) in [4.78, 5) is 40.9. The highest BCUT2D eigenvalue weighted by Crippen LogP contribution is 2.09. The molecule has 2 rings (SSSR count). The maximum absolute atomic E-state index is 12.3. The number of morpholine rings is 1. The number of amides is 3. The molecule has 0 bridgehead atoms. The summed E-state index contributed by atoms with van der Waals surface area (Å²) in [6, 6.07) is 9.09. The first kappa shape index (κ1) is 24.5. The largest absolute Gasteiger partial charge is 0.478 e. The number of carboxylic acid groups (broad SMARTS) is 1. The molecular formula is C22H33N3O6. The summed E-state index contributed by atoms with van der Waals surface area (Å²) < 4.78 is 10.5. The Labute approximate surface area is 183 Å². The van der Waals surface area contributed by atoms with Crippen molar-refractivity contribution in [1.82, 2.24) is 14.7 Å². The van der Waals surface area contributed by atoms with Gasteiger partial charge in [-0.1, -0.05) is 30.3 Å². The van der Waals surface area contributed by atoms with Gasteiger partial charge in [-0.2, -0.15) is 0 Å². The van der Waals surface area contributed by atoms with Crippen molar-refractivity contribution in [3.05, 3.63) is 35.9 Å². The third-order valence-electron chi connectivity index (χ3n) is 5.19. The molecule has 3 amide bonds. The van der Waals surface area contributed by atoms with Crippen molar-refractivity contribution in [2.75, 3.05) is 53.5 Å². The third-order valence-corrected chi connectivity index (χ3v) is 5.19. The molecule has 1 N–H and O–H groups in total. The van der Waals surface area contributed by atoms with E-state index < -0.39 is 18.2 Å². The molecule has 1 aromatic carbocycles. The van der Waals surface area contributed by atoms with Gasteiger partial charge in [0, 0.05) is 46.7 Å². The molecule has 0 saturated carbocycles. The fraction of sp³-hybridized carbons (Fsp3) is 0.591. The SMILES string of the molecule is CN(CCCCCN(C)C(=O)N1CCOCC1)C(=O)OC(Cc1ccccc1)C(=O)O. The first-order valence-corrected chi connectivity index (χ1v) is 10.6. The summed E-state index contributed by atoms with van der Waals surface area (Å²) in [6.45, 7) is 3.50. The van der Waals surface area contributed by atoms with Crippen LogP contribution in [0.15, 0.2) is 30.3 Å². The summed E-state index contributed by atoms with van der Waals surface area (Å²) in [7, 11) is 3.39. The quantitative estimate of drug-likeness (QED) is 0.566. The second-order valence-electron chi connectivity index (χ2n) is 7.69. The number of carbonyl (C=O) groups excluding carboxylic acids is 2. The lowest BCUT2D eigenvalue weighted by atomic mass is 10.1. The Morgan fingerprint density at radius 3 is 2.26 bits per heavy atom. The molecule has 0 aromatic heterocycles. The fourth-order valence-electron chi connectivity index (χ4n) is 3.28. The molecule has 1 aliphatic heterocycles. The molecule has 1 saturated heterocycles. The van der Waals surface area contributed by atoms with Gasteiger partial charge in [-0.3, -0.25) is 0 Å². The number of urea groups is 1. The monoisotopic (exact) mass is 435 g/mol. The Kier molecular flexibility index (Phi) is 10.1. The van der Waals surface area contributed by atoms with Crippen LogP contribution in [0, 0.1) is 0 Å². The smallest absolute Gasteiger partial charge is 0.410 e. The standard InChI is InChI=1S/C22H33N3O6/c1-23(21(28)25-13-15-30-16-14-25)11-7-4-8-12-24(2)22(29)31-19(20(26)27)17-18-9-5-3-6-10-18/h3,5-6,9-10,19H,4,7-8,11-17H2,1-2H3,(H,26,27). The molecule has 172 valence electrons. The molecule has 1 unspecified atom stereocenters. The van der Waals surface area contributed by atoms with E-state index in [2.05, 4.69) is 0 Å². The van der Waals surface area contributed by atoms with E-state index in [9.17, 15) is 19.5 Å². The van der Waals surface area contributed by atoms with Crippen LogP contribution < -0.4 is 0 Å². The molecule has 0 radical (unpaired) electrons. The molecule has 1 fully saturated rings. The lowest BCUT2D eigenvalue weighted by Gasteiger charge is -2.31. The van der Waals surface area contributed by atoms with E-state index in [0.717, 1.165) is 24.8 Å². The molecule has 9 nitrogen and oxygen atoms in total. The van der Waals surface area contributed by atoms with Gasteiger partial charge in [0.25, 0.3) is 0 Å². The Morgan fingerprint density at radius 2 is 1.65 bits per heavy atom. The van der Waals surface area contributed by atoms with Crippen molar-refractivity contribution in [2.45, 2.75) is 31.8 Å². The Morgan fingerprint density at radius 1 is 1.03 bits per heavy atom. The second-order valence-corrected chi connectivity index (χ2v) is 7.69. The predicted octanol–water partition coefficient (Wildman–Crippen LogP) is 2.30. The van der Waals surface area contributed by atoms with E-state index >= 15 is 0 Å². The number of unbranched alkanes of at least 4 members (excludes halogenated alkanes) is 2. The van der Waals surface area contributed by atoms with E-state index in [0.29, 0.717) is 39.4 Å². The third kappa shape index (κ3) is 8.45. The van der Waals surface area contributed by atoms with Crippen LogP contribution in [0.4, 0.5) is 9.59 Å². The maximum atomic E-state index is 12.3.